The number of aryl methyl sites for hydroxylation is 1. The SMILES string of the molecule is CCc1ccc(O)cc1OC(c1ccc(OCCN2CCCCC2)cc1)C(C)c1ccc(O)cc1. The van der Waals surface area contributed by atoms with Crippen molar-refractivity contribution >= 4 is 0 Å². The Bertz CT molecular complexity index is 1060. The number of piperidine rings is 1. The van der Waals surface area contributed by atoms with Gasteiger partial charge in [-0.1, -0.05) is 50.6 Å². The number of likely N-dealkylation sites (tertiary alicyclic amines) is 1. The maximum Gasteiger partial charge on any atom is 0.130 e. The maximum atomic E-state index is 10.1. The monoisotopic (exact) mass is 475 g/mol. The van der Waals surface area contributed by atoms with Crippen molar-refractivity contribution < 1.29 is 19.7 Å². The standard InChI is InChI=1S/C30H37NO4/c1-3-23-7-14-27(33)21-29(23)35-30(22(2)24-8-12-26(32)13-9-24)25-10-15-28(16-11-25)34-20-19-31-17-5-4-6-18-31/h7-16,21-22,30,32-33H,3-6,17-20H2,1-2H3. The number of hydrogen-bond donors (Lipinski definition) is 2. The predicted octanol–water partition coefficient (Wildman–Crippen LogP) is 6.45. The van der Waals surface area contributed by atoms with Crippen LogP contribution >= 0.6 is 0 Å². The number of phenolic OH excluding ortho intramolecular Hbond substituents is 2. The van der Waals surface area contributed by atoms with Crippen molar-refractivity contribution in [1.29, 1.82) is 0 Å². The molecular weight excluding hydrogens is 438 g/mol. The lowest BCUT2D eigenvalue weighted by Crippen LogP contribution is -2.33. The number of ether oxygens (including phenoxy) is 2. The Hall–Kier alpha value is -3.18. The molecule has 35 heavy (non-hydrogen) atoms. The molecule has 0 spiro atoms. The van der Waals surface area contributed by atoms with E-state index in [-0.39, 0.29) is 23.5 Å². The molecule has 1 fully saturated rings. The molecule has 2 atom stereocenters. The van der Waals surface area contributed by atoms with Gasteiger partial charge in [0.1, 0.15) is 35.7 Å². The van der Waals surface area contributed by atoms with Crippen molar-refractivity contribution in [3.8, 4) is 23.0 Å². The summed E-state index contributed by atoms with van der Waals surface area (Å²) in [6, 6.07) is 20.7. The first kappa shape index (κ1) is 24.9. The van der Waals surface area contributed by atoms with Crippen molar-refractivity contribution in [3.05, 3.63) is 83.4 Å². The van der Waals surface area contributed by atoms with Crippen molar-refractivity contribution in [2.75, 3.05) is 26.2 Å². The molecule has 0 saturated carbocycles. The van der Waals surface area contributed by atoms with Gasteiger partial charge in [-0.2, -0.15) is 0 Å². The van der Waals surface area contributed by atoms with Gasteiger partial charge in [-0.25, -0.2) is 0 Å². The van der Waals surface area contributed by atoms with Gasteiger partial charge in [-0.3, -0.25) is 4.90 Å². The van der Waals surface area contributed by atoms with Gasteiger partial charge in [0.05, 0.1) is 0 Å². The molecule has 0 bridgehead atoms. The summed E-state index contributed by atoms with van der Waals surface area (Å²) in [5.41, 5.74) is 3.13. The van der Waals surface area contributed by atoms with Gasteiger partial charge in [0, 0.05) is 18.5 Å². The number of nitrogens with zero attached hydrogens (tertiary/aromatic N) is 1. The smallest absolute Gasteiger partial charge is 0.130 e. The van der Waals surface area contributed by atoms with Crippen LogP contribution in [0.1, 0.15) is 61.8 Å². The zero-order valence-corrected chi connectivity index (χ0v) is 20.8. The highest BCUT2D eigenvalue weighted by molar-refractivity contribution is 5.41. The second kappa shape index (κ2) is 12.0. The summed E-state index contributed by atoms with van der Waals surface area (Å²) in [5.74, 6) is 1.98. The summed E-state index contributed by atoms with van der Waals surface area (Å²) in [4.78, 5) is 2.47. The molecule has 5 heteroatoms. The minimum Gasteiger partial charge on any atom is -0.508 e. The maximum absolute atomic E-state index is 10.1. The molecule has 2 unspecified atom stereocenters. The molecule has 3 aromatic rings. The lowest BCUT2D eigenvalue weighted by molar-refractivity contribution is 0.175. The summed E-state index contributed by atoms with van der Waals surface area (Å²) in [5, 5.41) is 19.8. The number of rotatable bonds is 10. The van der Waals surface area contributed by atoms with Crippen molar-refractivity contribution in [2.24, 2.45) is 0 Å². The van der Waals surface area contributed by atoms with Crippen molar-refractivity contribution in [2.45, 2.75) is 51.6 Å². The van der Waals surface area contributed by atoms with Crippen LogP contribution in [0.5, 0.6) is 23.0 Å². The average molecular weight is 476 g/mol. The number of phenols is 2. The Labute approximate surface area is 208 Å². The Balaban J connectivity index is 1.52. The highest BCUT2D eigenvalue weighted by atomic mass is 16.5. The van der Waals surface area contributed by atoms with Crippen LogP contribution in [-0.2, 0) is 6.42 Å². The van der Waals surface area contributed by atoms with E-state index in [0.29, 0.717) is 12.4 Å². The summed E-state index contributed by atoms with van der Waals surface area (Å²) in [6.45, 7) is 8.19. The van der Waals surface area contributed by atoms with Crippen molar-refractivity contribution in [3.63, 3.8) is 0 Å². The first-order valence-electron chi connectivity index (χ1n) is 12.8. The molecule has 0 aliphatic carbocycles. The van der Waals surface area contributed by atoms with Gasteiger partial charge in [0.25, 0.3) is 0 Å². The van der Waals surface area contributed by atoms with E-state index in [1.54, 1.807) is 24.3 Å². The summed E-state index contributed by atoms with van der Waals surface area (Å²) in [6.07, 6.45) is 4.43. The summed E-state index contributed by atoms with van der Waals surface area (Å²) >= 11 is 0. The topological polar surface area (TPSA) is 62.2 Å². The van der Waals surface area contributed by atoms with E-state index < -0.39 is 0 Å². The largest absolute Gasteiger partial charge is 0.508 e. The van der Waals surface area contributed by atoms with Crippen LogP contribution in [0.3, 0.4) is 0 Å². The molecule has 1 saturated heterocycles. The Morgan fingerprint density at radius 1 is 0.829 bits per heavy atom. The van der Waals surface area contributed by atoms with Crippen LogP contribution in [0.25, 0.3) is 0 Å². The molecule has 1 aliphatic rings. The third kappa shape index (κ3) is 6.70. The fraction of sp³-hybridized carbons (Fsp3) is 0.400. The molecule has 5 nitrogen and oxygen atoms in total. The van der Waals surface area contributed by atoms with Gasteiger partial charge in [-0.15, -0.1) is 0 Å². The molecule has 2 N–H and O–H groups in total. The van der Waals surface area contributed by atoms with E-state index in [2.05, 4.69) is 30.9 Å². The lowest BCUT2D eigenvalue weighted by Gasteiger charge is -2.28. The third-order valence-electron chi connectivity index (χ3n) is 6.89. The van der Waals surface area contributed by atoms with E-state index in [4.69, 9.17) is 9.47 Å². The lowest BCUT2D eigenvalue weighted by atomic mass is 9.90. The molecule has 1 heterocycles. The molecule has 3 aromatic carbocycles. The molecule has 1 aliphatic heterocycles. The normalized spacial score (nSPS) is 15.9. The van der Waals surface area contributed by atoms with Crippen LogP contribution in [0.4, 0.5) is 0 Å². The van der Waals surface area contributed by atoms with Gasteiger partial charge in [0.2, 0.25) is 0 Å². The van der Waals surface area contributed by atoms with Gasteiger partial charge >= 0.3 is 0 Å². The first-order valence-corrected chi connectivity index (χ1v) is 12.8. The predicted molar refractivity (Wildman–Crippen MR) is 140 cm³/mol. The van der Waals surface area contributed by atoms with Crippen LogP contribution in [0.2, 0.25) is 0 Å². The first-order chi connectivity index (χ1) is 17.0. The highest BCUT2D eigenvalue weighted by Gasteiger charge is 2.24. The Morgan fingerprint density at radius 2 is 1.49 bits per heavy atom. The molecule has 186 valence electrons. The Kier molecular flexibility index (Phi) is 8.54. The van der Waals surface area contributed by atoms with Crippen LogP contribution < -0.4 is 9.47 Å². The van der Waals surface area contributed by atoms with Crippen LogP contribution in [0, 0.1) is 0 Å². The minimum atomic E-state index is -0.283. The molecular formula is C30H37NO4. The van der Waals surface area contributed by atoms with Crippen molar-refractivity contribution in [1.82, 2.24) is 4.90 Å². The number of benzene rings is 3. The van der Waals surface area contributed by atoms with Crippen LogP contribution in [0.15, 0.2) is 66.7 Å². The zero-order valence-electron chi connectivity index (χ0n) is 20.8. The minimum absolute atomic E-state index is 0.00789. The fourth-order valence-electron chi connectivity index (χ4n) is 4.72. The summed E-state index contributed by atoms with van der Waals surface area (Å²) < 4.78 is 12.6. The van der Waals surface area contributed by atoms with E-state index in [1.165, 1.54) is 32.4 Å². The third-order valence-corrected chi connectivity index (χ3v) is 6.89. The molecule has 0 aromatic heterocycles. The van der Waals surface area contributed by atoms with Gasteiger partial charge in [0.15, 0.2) is 0 Å². The average Bonchev–Trinajstić information content (AvgIpc) is 2.89. The molecule has 0 amide bonds. The highest BCUT2D eigenvalue weighted by Crippen LogP contribution is 2.38. The van der Waals surface area contributed by atoms with E-state index in [0.717, 1.165) is 35.4 Å². The summed E-state index contributed by atoms with van der Waals surface area (Å²) in [7, 11) is 0. The zero-order chi connectivity index (χ0) is 24.6. The second-order valence-corrected chi connectivity index (χ2v) is 9.38. The quantitative estimate of drug-likeness (QED) is 0.353. The van der Waals surface area contributed by atoms with E-state index >= 15 is 0 Å². The Morgan fingerprint density at radius 3 is 2.17 bits per heavy atom. The fourth-order valence-corrected chi connectivity index (χ4v) is 4.72. The molecule has 4 rings (SSSR count). The second-order valence-electron chi connectivity index (χ2n) is 9.38. The van der Waals surface area contributed by atoms with Gasteiger partial charge < -0.3 is 19.7 Å². The van der Waals surface area contributed by atoms with Gasteiger partial charge in [-0.05, 0) is 79.4 Å². The number of aromatic hydroxyl groups is 2. The van der Waals surface area contributed by atoms with E-state index in [9.17, 15) is 10.2 Å². The van der Waals surface area contributed by atoms with Crippen LogP contribution in [-0.4, -0.2) is 41.4 Å². The van der Waals surface area contributed by atoms with E-state index in [1.807, 2.05) is 30.3 Å². The number of hydrogen-bond acceptors (Lipinski definition) is 5. The molecule has 0 radical (unpaired) electrons.